The second-order valence-corrected chi connectivity index (χ2v) is 8.76. The smallest absolute Gasteiger partial charge is 1.00 e. The molecule has 33 heavy (non-hydrogen) atoms. The van der Waals surface area contributed by atoms with Gasteiger partial charge in [-0.1, -0.05) is 0 Å². The summed E-state index contributed by atoms with van der Waals surface area (Å²) >= 11 is 0. The fourth-order valence-corrected chi connectivity index (χ4v) is 3.37. The molecular weight excluding hydrogens is 502 g/mol. The quantitative estimate of drug-likeness (QED) is 0.143. The van der Waals surface area contributed by atoms with Crippen LogP contribution < -0.4 is 64.7 Å². The molecule has 17 heteroatoms. The minimum atomic E-state index is -4.46. The normalized spacial score (nSPS) is 11.6. The maximum Gasteiger partial charge on any atom is 1.00 e. The first kappa shape index (κ1) is 29.4. The van der Waals surface area contributed by atoms with Crippen LogP contribution in [-0.2, 0) is 20.2 Å². The second kappa shape index (κ2) is 11.2. The van der Waals surface area contributed by atoms with Gasteiger partial charge in [0, 0.05) is 0 Å². The fourth-order valence-electron chi connectivity index (χ4n) is 2.41. The van der Waals surface area contributed by atoms with Crippen molar-refractivity contribution in [2.45, 2.75) is 9.79 Å². The number of aromatic amines is 1. The molecule has 3 aromatic rings. The van der Waals surface area contributed by atoms with Crippen LogP contribution in [-0.4, -0.2) is 46.8 Å². The summed E-state index contributed by atoms with van der Waals surface area (Å²) in [4.78, 5) is 23.3. The van der Waals surface area contributed by atoms with Crippen LogP contribution in [0.1, 0.15) is 13.3 Å². The number of nitrogens with zero attached hydrogens (tertiary/aromatic N) is 3. The molecule has 1 heterocycles. The van der Waals surface area contributed by atoms with E-state index in [9.17, 15) is 31.5 Å². The number of azo groups is 1. The zero-order valence-electron chi connectivity index (χ0n) is 19.1. The summed E-state index contributed by atoms with van der Waals surface area (Å²) in [5, 5.41) is 19.0. The first-order valence-electron chi connectivity index (χ1n) is 8.03. The molecule has 1 aromatic heterocycles. The molecule has 0 amide bonds. The molecule has 0 atom stereocenters. The van der Waals surface area contributed by atoms with Crippen LogP contribution in [0.3, 0.4) is 0 Å². The maximum atomic E-state index is 12.6. The Kier molecular flexibility index (Phi) is 9.95. The predicted molar refractivity (Wildman–Crippen MR) is 106 cm³/mol. The van der Waals surface area contributed by atoms with E-state index >= 15 is 0 Å². The van der Waals surface area contributed by atoms with E-state index in [4.69, 9.17) is 9.11 Å². The molecule has 0 radical (unpaired) electrons. The van der Waals surface area contributed by atoms with Crippen LogP contribution in [0.2, 0.25) is 0 Å². The number of carboxylic acid groups (broad SMARTS) is 1. The first-order valence-corrected chi connectivity index (χ1v) is 10.9. The molecule has 13 nitrogen and oxygen atoms in total. The molecule has 0 unspecified atom stereocenters. The predicted octanol–water partition coefficient (Wildman–Crippen LogP) is -3.99. The molecule has 0 bridgehead atoms. The Balaban J connectivity index is 0. The van der Waals surface area contributed by atoms with Gasteiger partial charge in [0.2, 0.25) is 0 Å². The molecule has 3 rings (SSSR count). The number of benzene rings is 2. The van der Waals surface area contributed by atoms with Crippen molar-refractivity contribution in [2.75, 3.05) is 0 Å². The Labute approximate surface area is 233 Å². The van der Waals surface area contributed by atoms with Gasteiger partial charge in [0.15, 0.2) is 11.4 Å². The monoisotopic (exact) mass is 516 g/mol. The van der Waals surface area contributed by atoms with Gasteiger partial charge in [0.1, 0.15) is 0 Å². The van der Waals surface area contributed by atoms with Gasteiger partial charge >= 0.3 is 65.1 Å². The van der Waals surface area contributed by atoms with Gasteiger partial charge in [0.25, 0.3) is 25.8 Å². The van der Waals surface area contributed by atoms with E-state index in [1.165, 1.54) is 12.1 Å². The minimum Gasteiger partial charge on any atom is -1.00 e. The second-order valence-electron chi connectivity index (χ2n) is 5.92. The van der Waals surface area contributed by atoms with E-state index < -0.39 is 52.9 Å². The number of aromatic carboxylic acids is 1. The number of carboxylic acids is 1. The van der Waals surface area contributed by atoms with Crippen LogP contribution in [0.15, 0.2) is 73.3 Å². The maximum absolute atomic E-state index is 12.6. The van der Waals surface area contributed by atoms with E-state index in [0.29, 0.717) is 0 Å². The average molecular weight is 516 g/mol. The van der Waals surface area contributed by atoms with Crippen LogP contribution in [0.25, 0.3) is 5.69 Å². The zero-order chi connectivity index (χ0) is 23.0. The molecule has 0 aliphatic carbocycles. The first-order chi connectivity index (χ1) is 14.4. The molecular formula is C16H14N4Na2O9S2. The van der Waals surface area contributed by atoms with E-state index in [1.807, 2.05) is 0 Å². The summed E-state index contributed by atoms with van der Waals surface area (Å²) in [6, 6.07) is 8.75. The van der Waals surface area contributed by atoms with Gasteiger partial charge in [0.05, 0.1) is 21.2 Å². The standard InChI is InChI=1S/C16H12N4O9S2.2Na.2H/c21-15-13(18-17-9-1-5-11(6-2-9)30(24,25)26)14(16(22)23)19-20(15)10-3-7-12(8-4-10)31(27,28)29;;;;/h1-8,19H,(H,22,23)(H,24,25,26)(H,27,28,29);;;;/q;2*+1;2*-1. The van der Waals surface area contributed by atoms with Crippen molar-refractivity contribution in [2.24, 2.45) is 10.2 Å². The molecule has 4 N–H and O–H groups in total. The van der Waals surface area contributed by atoms with Crippen LogP contribution in [0.5, 0.6) is 0 Å². The molecule has 0 fully saturated rings. The molecule has 0 aliphatic heterocycles. The molecule has 2 aromatic carbocycles. The summed E-state index contributed by atoms with van der Waals surface area (Å²) in [5.41, 5.74) is -1.99. The molecule has 0 saturated carbocycles. The molecule has 0 aliphatic rings. The van der Waals surface area contributed by atoms with Crippen molar-refractivity contribution < 1.29 is 97.8 Å². The number of H-pyrrole nitrogens is 1. The van der Waals surface area contributed by atoms with Crippen molar-refractivity contribution in [3.8, 4) is 5.69 Å². The third kappa shape index (κ3) is 6.92. The SMILES string of the molecule is O=C(O)c1[nH]n(-c2ccc(S(=O)(=O)O)cc2)c(=O)c1N=Nc1ccc(S(=O)(=O)O)cc1.[H-].[H-].[Na+].[Na+]. The summed E-state index contributed by atoms with van der Waals surface area (Å²) < 4.78 is 63.1. The largest absolute Gasteiger partial charge is 1.00 e. The van der Waals surface area contributed by atoms with Crippen molar-refractivity contribution in [1.82, 2.24) is 9.78 Å². The molecule has 166 valence electrons. The third-order valence-electron chi connectivity index (χ3n) is 3.87. The number of hydrogen-bond donors (Lipinski definition) is 4. The fraction of sp³-hybridized carbons (Fsp3) is 0. The van der Waals surface area contributed by atoms with Crippen LogP contribution in [0, 0.1) is 0 Å². The van der Waals surface area contributed by atoms with Gasteiger partial charge in [-0.15, -0.1) is 5.11 Å². The number of rotatable bonds is 6. The Morgan fingerprint density at radius 2 is 1.30 bits per heavy atom. The Hall–Kier alpha value is -1.66. The summed E-state index contributed by atoms with van der Waals surface area (Å²) in [5.74, 6) is -1.53. The van der Waals surface area contributed by atoms with Crippen molar-refractivity contribution in [1.29, 1.82) is 0 Å². The minimum absolute atomic E-state index is 0. The van der Waals surface area contributed by atoms with Crippen LogP contribution >= 0.6 is 0 Å². The molecule has 0 spiro atoms. The summed E-state index contributed by atoms with van der Waals surface area (Å²) in [7, 11) is -8.87. The van der Waals surface area contributed by atoms with E-state index in [-0.39, 0.29) is 73.3 Å². The van der Waals surface area contributed by atoms with Gasteiger partial charge in [-0.25, -0.2) is 9.48 Å². The summed E-state index contributed by atoms with van der Waals surface area (Å²) in [6.45, 7) is 0. The number of hydrogen-bond acceptors (Lipinski definition) is 8. The average Bonchev–Trinajstić information content (AvgIpc) is 3.02. The topological polar surface area (TPSA) is 209 Å². The summed E-state index contributed by atoms with van der Waals surface area (Å²) in [6.07, 6.45) is 0. The van der Waals surface area contributed by atoms with Gasteiger partial charge < -0.3 is 7.96 Å². The van der Waals surface area contributed by atoms with E-state index in [1.54, 1.807) is 0 Å². The van der Waals surface area contributed by atoms with Gasteiger partial charge in [-0.2, -0.15) is 21.9 Å². The van der Waals surface area contributed by atoms with Crippen molar-refractivity contribution in [3.63, 3.8) is 0 Å². The molecule has 0 saturated heterocycles. The zero-order valence-corrected chi connectivity index (χ0v) is 22.7. The third-order valence-corrected chi connectivity index (χ3v) is 5.61. The Morgan fingerprint density at radius 3 is 1.73 bits per heavy atom. The number of nitrogens with one attached hydrogen (secondary N) is 1. The van der Waals surface area contributed by atoms with E-state index in [0.717, 1.165) is 41.1 Å². The Morgan fingerprint density at radius 1 is 0.848 bits per heavy atom. The van der Waals surface area contributed by atoms with Crippen LogP contribution in [0.4, 0.5) is 11.4 Å². The van der Waals surface area contributed by atoms with Crippen molar-refractivity contribution >= 4 is 37.6 Å². The van der Waals surface area contributed by atoms with E-state index in [2.05, 4.69) is 15.3 Å². The van der Waals surface area contributed by atoms with Gasteiger partial charge in [-0.3, -0.25) is 19.0 Å². The van der Waals surface area contributed by atoms with Crippen molar-refractivity contribution in [3.05, 3.63) is 64.6 Å². The van der Waals surface area contributed by atoms with Gasteiger partial charge in [-0.05, 0) is 48.5 Å². The number of carbonyl (C=O) groups is 1. The number of aromatic nitrogens is 2. The Bertz CT molecular complexity index is 1470.